The minimum Gasteiger partial charge on any atom is -0.504 e. The summed E-state index contributed by atoms with van der Waals surface area (Å²) in [6.45, 7) is 11.0. The molecule has 0 aliphatic heterocycles. The van der Waals surface area contributed by atoms with Crippen LogP contribution in [0.3, 0.4) is 0 Å². The van der Waals surface area contributed by atoms with Crippen molar-refractivity contribution in [2.24, 2.45) is 17.3 Å². The lowest BCUT2D eigenvalue weighted by Crippen LogP contribution is -2.47. The molecule has 0 aromatic carbocycles. The molecule has 2 aliphatic rings. The molecule has 2 aliphatic carbocycles. The number of carbonyl (C=O) groups is 3. The molecule has 0 spiro atoms. The average molecular weight is 376 g/mol. The third-order valence-electron chi connectivity index (χ3n) is 5.88. The van der Waals surface area contributed by atoms with E-state index in [0.717, 1.165) is 0 Å². The van der Waals surface area contributed by atoms with Crippen LogP contribution in [-0.4, -0.2) is 41.0 Å². The molecule has 2 rings (SSSR count). The molecular formula is C21H28O6. The zero-order chi connectivity index (χ0) is 20.7. The predicted molar refractivity (Wildman–Crippen MR) is 99.8 cm³/mol. The Kier molecular flexibility index (Phi) is 5.80. The fourth-order valence-corrected chi connectivity index (χ4v) is 4.42. The number of Topliss-reactive ketones (excluding diaryl/α,β-unsaturated/α-hetero) is 2. The van der Waals surface area contributed by atoms with Crippen molar-refractivity contribution in [2.75, 3.05) is 7.11 Å². The van der Waals surface area contributed by atoms with E-state index >= 15 is 0 Å². The van der Waals surface area contributed by atoms with Crippen LogP contribution in [0, 0.1) is 17.3 Å². The zero-order valence-corrected chi connectivity index (χ0v) is 16.6. The Balaban J connectivity index is 2.67. The number of rotatable bonds is 5. The number of methoxy groups -OCH3 is 1. The van der Waals surface area contributed by atoms with Crippen molar-refractivity contribution in [1.82, 2.24) is 0 Å². The van der Waals surface area contributed by atoms with Crippen molar-refractivity contribution in [3.63, 3.8) is 0 Å². The number of aliphatic hydroxyl groups excluding tert-OH is 2. The number of allylic oxidation sites excluding steroid dienone is 2. The van der Waals surface area contributed by atoms with Gasteiger partial charge in [0.1, 0.15) is 6.10 Å². The number of carbonyl (C=O) groups excluding carboxylic acids is 3. The zero-order valence-electron chi connectivity index (χ0n) is 16.6. The summed E-state index contributed by atoms with van der Waals surface area (Å²) in [7, 11) is 1.29. The maximum atomic E-state index is 13.1. The Labute approximate surface area is 159 Å². The molecule has 0 bridgehead atoms. The van der Waals surface area contributed by atoms with E-state index < -0.39 is 29.0 Å². The van der Waals surface area contributed by atoms with E-state index in [1.54, 1.807) is 27.7 Å². The van der Waals surface area contributed by atoms with Crippen LogP contribution < -0.4 is 0 Å². The molecule has 3 atom stereocenters. The number of aliphatic hydroxyl groups is 2. The Morgan fingerprint density at radius 2 is 1.96 bits per heavy atom. The van der Waals surface area contributed by atoms with Gasteiger partial charge in [-0.05, 0) is 25.2 Å². The topological polar surface area (TPSA) is 101 Å². The molecule has 0 aromatic rings. The normalized spacial score (nSPS) is 28.6. The van der Waals surface area contributed by atoms with Gasteiger partial charge in [-0.15, -0.1) is 0 Å². The van der Waals surface area contributed by atoms with Gasteiger partial charge in [0.15, 0.2) is 11.5 Å². The Morgan fingerprint density at radius 3 is 2.44 bits per heavy atom. The van der Waals surface area contributed by atoms with E-state index in [4.69, 9.17) is 4.74 Å². The largest absolute Gasteiger partial charge is 0.504 e. The van der Waals surface area contributed by atoms with Gasteiger partial charge in [-0.1, -0.05) is 32.9 Å². The predicted octanol–water partition coefficient (Wildman–Crippen LogP) is 2.82. The lowest BCUT2D eigenvalue weighted by molar-refractivity contribution is -0.141. The lowest BCUT2D eigenvalue weighted by atomic mass is 9.56. The first-order valence-electron chi connectivity index (χ1n) is 9.13. The minimum atomic E-state index is -1.33. The van der Waals surface area contributed by atoms with Gasteiger partial charge in [0.2, 0.25) is 5.78 Å². The quantitative estimate of drug-likeness (QED) is 0.565. The third-order valence-corrected chi connectivity index (χ3v) is 5.88. The van der Waals surface area contributed by atoms with Crippen molar-refractivity contribution in [2.45, 2.75) is 53.1 Å². The summed E-state index contributed by atoms with van der Waals surface area (Å²) in [5.41, 5.74) is 0.105. The fourth-order valence-electron chi connectivity index (χ4n) is 4.42. The Morgan fingerprint density at radius 1 is 1.37 bits per heavy atom. The first kappa shape index (κ1) is 21.1. The van der Waals surface area contributed by atoms with Crippen LogP contribution in [-0.2, 0) is 19.1 Å². The highest BCUT2D eigenvalue weighted by atomic mass is 16.5. The van der Waals surface area contributed by atoms with Gasteiger partial charge < -0.3 is 14.9 Å². The maximum absolute atomic E-state index is 13.1. The first-order valence-corrected chi connectivity index (χ1v) is 9.13. The molecule has 3 unspecified atom stereocenters. The molecule has 6 heteroatoms. The molecule has 6 nitrogen and oxygen atoms in total. The number of ketones is 2. The Bertz CT molecular complexity index is 770. The number of hydrogen-bond acceptors (Lipinski definition) is 6. The highest BCUT2D eigenvalue weighted by Crippen LogP contribution is 2.53. The van der Waals surface area contributed by atoms with Crippen molar-refractivity contribution in [3.8, 4) is 0 Å². The molecule has 0 saturated carbocycles. The van der Waals surface area contributed by atoms with Gasteiger partial charge >= 0.3 is 5.97 Å². The summed E-state index contributed by atoms with van der Waals surface area (Å²) in [5.74, 6) is -2.58. The molecule has 0 amide bonds. The van der Waals surface area contributed by atoms with Crippen molar-refractivity contribution < 1.29 is 29.3 Å². The van der Waals surface area contributed by atoms with Crippen LogP contribution in [0.4, 0.5) is 0 Å². The van der Waals surface area contributed by atoms with E-state index in [0.29, 0.717) is 5.57 Å². The summed E-state index contributed by atoms with van der Waals surface area (Å²) in [5, 5.41) is 21.3. The molecule has 0 fully saturated rings. The molecule has 0 saturated heterocycles. The van der Waals surface area contributed by atoms with Crippen LogP contribution >= 0.6 is 0 Å². The molecule has 0 radical (unpaired) electrons. The van der Waals surface area contributed by atoms with Gasteiger partial charge in [0.25, 0.3) is 0 Å². The van der Waals surface area contributed by atoms with E-state index in [9.17, 15) is 24.6 Å². The highest BCUT2D eigenvalue weighted by molar-refractivity contribution is 6.17. The van der Waals surface area contributed by atoms with Crippen LogP contribution in [0.5, 0.6) is 0 Å². The van der Waals surface area contributed by atoms with E-state index in [1.807, 2.05) is 0 Å². The van der Waals surface area contributed by atoms with Gasteiger partial charge in [-0.3, -0.25) is 14.4 Å². The Hall–Kier alpha value is -2.21. The van der Waals surface area contributed by atoms with E-state index in [1.165, 1.54) is 7.11 Å². The van der Waals surface area contributed by atoms with Gasteiger partial charge in [0.05, 0.1) is 7.11 Å². The monoisotopic (exact) mass is 376 g/mol. The number of hydrogen-bond donors (Lipinski definition) is 2. The van der Waals surface area contributed by atoms with Crippen LogP contribution in [0.2, 0.25) is 0 Å². The van der Waals surface area contributed by atoms with Gasteiger partial charge in [-0.25, -0.2) is 0 Å². The molecule has 2 N–H and O–H groups in total. The number of esters is 1. The van der Waals surface area contributed by atoms with Crippen LogP contribution in [0.15, 0.2) is 34.6 Å². The number of ether oxygens (including phenoxy) is 1. The van der Waals surface area contributed by atoms with Crippen LogP contribution in [0.1, 0.15) is 47.0 Å². The third kappa shape index (κ3) is 3.38. The minimum absolute atomic E-state index is 0.0476. The van der Waals surface area contributed by atoms with E-state index in [-0.39, 0.29) is 53.6 Å². The van der Waals surface area contributed by atoms with Gasteiger partial charge in [-0.2, -0.15) is 0 Å². The molecule has 0 heterocycles. The van der Waals surface area contributed by atoms with Crippen molar-refractivity contribution in [1.29, 1.82) is 0 Å². The van der Waals surface area contributed by atoms with Crippen molar-refractivity contribution >= 4 is 17.5 Å². The second-order valence-corrected chi connectivity index (χ2v) is 8.00. The molecule has 0 aromatic heterocycles. The standard InChI is InChI=1S/C21H28O6/c1-10(2)12-9-13(22)16-17(21(12,5)8-7-14(23)27-6)20(26)19(25)15(11(3)4)18(16)24/h11-12,18,24-25H,1,7-9H2,2-6H3. The molecule has 148 valence electrons. The second kappa shape index (κ2) is 7.43. The maximum Gasteiger partial charge on any atom is 0.305 e. The second-order valence-electron chi connectivity index (χ2n) is 8.00. The summed E-state index contributed by atoms with van der Waals surface area (Å²) in [4.78, 5) is 37.7. The summed E-state index contributed by atoms with van der Waals surface area (Å²) in [6.07, 6.45) is -0.935. The lowest BCUT2D eigenvalue weighted by Gasteiger charge is -2.46. The van der Waals surface area contributed by atoms with Crippen molar-refractivity contribution in [3.05, 3.63) is 34.6 Å². The summed E-state index contributed by atoms with van der Waals surface area (Å²) in [6, 6.07) is 0. The fraction of sp³-hybridized carbons (Fsp3) is 0.571. The summed E-state index contributed by atoms with van der Waals surface area (Å²) < 4.78 is 4.72. The molecule has 27 heavy (non-hydrogen) atoms. The van der Waals surface area contributed by atoms with Gasteiger partial charge in [0, 0.05) is 35.0 Å². The smallest absolute Gasteiger partial charge is 0.305 e. The first-order chi connectivity index (χ1) is 12.5. The summed E-state index contributed by atoms with van der Waals surface area (Å²) >= 11 is 0. The molecular weight excluding hydrogens is 348 g/mol. The van der Waals surface area contributed by atoms with Crippen LogP contribution in [0.25, 0.3) is 0 Å². The average Bonchev–Trinajstić information content (AvgIpc) is 2.58. The SMILES string of the molecule is C=C(C)C1CC(=O)C2=C(C(=O)C(O)=C(C(C)C)C2O)C1(C)CCC(=O)OC. The van der Waals surface area contributed by atoms with E-state index in [2.05, 4.69) is 6.58 Å². The highest BCUT2D eigenvalue weighted by Gasteiger charge is 2.53.